The fourth-order valence-electron chi connectivity index (χ4n) is 3.42. The highest BCUT2D eigenvalue weighted by atomic mass is 16.6. The summed E-state index contributed by atoms with van der Waals surface area (Å²) >= 11 is 0. The molecule has 1 unspecified atom stereocenters. The summed E-state index contributed by atoms with van der Waals surface area (Å²) in [6.45, 7) is 6.79. The minimum atomic E-state index is -0.626. The second kappa shape index (κ2) is 8.06. The number of azide groups is 1. The number of hydrogen-bond donors (Lipinski definition) is 2. The van der Waals surface area contributed by atoms with Gasteiger partial charge < -0.3 is 19.8 Å². The summed E-state index contributed by atoms with van der Waals surface area (Å²) in [7, 11) is 0. The Morgan fingerprint density at radius 1 is 1.38 bits per heavy atom. The molecule has 2 aromatic heterocycles. The Morgan fingerprint density at radius 3 is 2.79 bits per heavy atom. The van der Waals surface area contributed by atoms with Crippen molar-refractivity contribution in [1.29, 1.82) is 0 Å². The van der Waals surface area contributed by atoms with Gasteiger partial charge in [-0.05, 0) is 37.8 Å². The Hall–Kier alpha value is -3.17. The number of nitrogens with one attached hydrogen (secondary N) is 2. The molecule has 3 atom stereocenters. The number of aromatic amines is 1. The van der Waals surface area contributed by atoms with E-state index in [-0.39, 0.29) is 24.4 Å². The molecule has 0 spiro atoms. The third kappa shape index (κ3) is 4.64. The Bertz CT molecular complexity index is 974. The predicted molar refractivity (Wildman–Crippen MR) is 103 cm³/mol. The van der Waals surface area contributed by atoms with Crippen molar-refractivity contribution < 1.29 is 19.1 Å². The Balaban J connectivity index is 1.89. The van der Waals surface area contributed by atoms with Crippen molar-refractivity contribution in [2.75, 3.05) is 6.61 Å². The second-order valence-electron chi connectivity index (χ2n) is 7.86. The number of nitrogens with zero attached hydrogens (tertiary/aromatic N) is 5. The molecule has 0 amide bonds. The van der Waals surface area contributed by atoms with Crippen molar-refractivity contribution in [3.8, 4) is 0 Å². The van der Waals surface area contributed by atoms with Crippen LogP contribution in [0.1, 0.15) is 45.7 Å². The number of ether oxygens (including phenoxy) is 2. The normalized spacial score (nSPS) is 21.6. The lowest BCUT2D eigenvalue weighted by Gasteiger charge is -2.24. The van der Waals surface area contributed by atoms with E-state index in [0.29, 0.717) is 17.5 Å². The molecule has 3 rings (SSSR count). The van der Waals surface area contributed by atoms with Crippen LogP contribution in [0.15, 0.2) is 17.6 Å². The van der Waals surface area contributed by atoms with Gasteiger partial charge in [-0.15, -0.1) is 0 Å². The molecular formula is C18H23N7O4. The van der Waals surface area contributed by atoms with E-state index in [1.165, 1.54) is 13.3 Å². The summed E-state index contributed by atoms with van der Waals surface area (Å²) in [5.74, 6) is -1.07. The number of fused-ring (bicyclic) bond motifs is 1. The summed E-state index contributed by atoms with van der Waals surface area (Å²) < 4.78 is 10.7. The third-order valence-corrected chi connectivity index (χ3v) is 4.55. The van der Waals surface area contributed by atoms with Gasteiger partial charge in [0, 0.05) is 29.6 Å². The molecule has 11 nitrogen and oxygen atoms in total. The van der Waals surface area contributed by atoms with E-state index in [9.17, 15) is 9.59 Å². The lowest BCUT2D eigenvalue weighted by atomic mass is 9.97. The highest BCUT2D eigenvalue weighted by Crippen LogP contribution is 2.37. The van der Waals surface area contributed by atoms with Crippen LogP contribution >= 0.6 is 0 Å². The lowest BCUT2D eigenvalue weighted by molar-refractivity contribution is -0.161. The summed E-state index contributed by atoms with van der Waals surface area (Å²) in [6, 6.07) is -0.641. The molecule has 2 N–H and O–H groups in total. The summed E-state index contributed by atoms with van der Waals surface area (Å²) in [5.41, 5.74) is 9.99. The maximum absolute atomic E-state index is 12.7. The first-order valence-corrected chi connectivity index (χ1v) is 9.19. The molecule has 154 valence electrons. The highest BCUT2D eigenvalue weighted by molar-refractivity contribution is 5.87. The van der Waals surface area contributed by atoms with Crippen molar-refractivity contribution >= 4 is 28.8 Å². The zero-order valence-corrected chi connectivity index (χ0v) is 16.7. The number of aromatic nitrogens is 3. The molecule has 0 saturated carbocycles. The first kappa shape index (κ1) is 20.6. The largest absolute Gasteiger partial charge is 0.464 e. The van der Waals surface area contributed by atoms with E-state index in [2.05, 4.69) is 30.3 Å². The molecule has 0 bridgehead atoms. The van der Waals surface area contributed by atoms with E-state index in [4.69, 9.17) is 15.0 Å². The maximum Gasteiger partial charge on any atom is 0.311 e. The molecule has 0 aliphatic carbocycles. The molecule has 1 saturated heterocycles. The van der Waals surface area contributed by atoms with Crippen molar-refractivity contribution in [2.24, 2.45) is 11.0 Å². The number of H-pyrrole nitrogens is 1. The third-order valence-electron chi connectivity index (χ3n) is 4.55. The van der Waals surface area contributed by atoms with Gasteiger partial charge in [0.25, 0.3) is 0 Å². The average molecular weight is 401 g/mol. The SMILES string of the molecule is CC(=O)OC[C@@H]1N[C@H](c2c[nH]c3c(N=[N+]=[N-])ncnc23)CC1C(=O)OC(C)(C)C. The maximum atomic E-state index is 12.7. The van der Waals surface area contributed by atoms with Gasteiger partial charge in [0.1, 0.15) is 18.5 Å². The summed E-state index contributed by atoms with van der Waals surface area (Å²) in [6.07, 6.45) is 3.50. The van der Waals surface area contributed by atoms with Crippen LogP contribution in [0, 0.1) is 5.92 Å². The van der Waals surface area contributed by atoms with E-state index < -0.39 is 23.5 Å². The van der Waals surface area contributed by atoms with Crippen LogP contribution in [-0.2, 0) is 19.1 Å². The number of carbonyl (C=O) groups excluding carboxylic acids is 2. The molecule has 0 radical (unpaired) electrons. The monoisotopic (exact) mass is 401 g/mol. The number of esters is 2. The summed E-state index contributed by atoms with van der Waals surface area (Å²) in [4.78, 5) is 38.1. The Morgan fingerprint density at radius 2 is 2.14 bits per heavy atom. The lowest BCUT2D eigenvalue weighted by Crippen LogP contribution is -2.39. The minimum Gasteiger partial charge on any atom is -0.464 e. The predicted octanol–water partition coefficient (Wildman–Crippen LogP) is 2.82. The Kier molecular flexibility index (Phi) is 5.71. The quantitative estimate of drug-likeness (QED) is 0.338. The second-order valence-corrected chi connectivity index (χ2v) is 7.86. The van der Waals surface area contributed by atoms with E-state index in [1.54, 1.807) is 27.0 Å². The van der Waals surface area contributed by atoms with Gasteiger partial charge in [-0.2, -0.15) is 0 Å². The standard InChI is InChI=1S/C18H23N7O4/c1-9(26)28-7-13-10(17(27)29-18(2,3)4)5-12(23-13)11-6-20-15-14(11)21-8-22-16(15)24-25-19/h6,8,10,12-13,20,23H,5,7H2,1-4H3/t10?,12-,13-/m0/s1. The number of hydrogen-bond acceptors (Lipinski definition) is 8. The van der Waals surface area contributed by atoms with Gasteiger partial charge in [0.05, 0.1) is 23.0 Å². The topological polar surface area (TPSA) is 155 Å². The van der Waals surface area contributed by atoms with Crippen LogP contribution in [0.25, 0.3) is 21.5 Å². The van der Waals surface area contributed by atoms with E-state index in [0.717, 1.165) is 5.56 Å². The van der Waals surface area contributed by atoms with Crippen LogP contribution in [-0.4, -0.2) is 45.1 Å². The highest BCUT2D eigenvalue weighted by Gasteiger charge is 2.42. The Labute approximate surface area is 166 Å². The van der Waals surface area contributed by atoms with Crippen LogP contribution in [0.5, 0.6) is 0 Å². The number of carbonyl (C=O) groups is 2. The van der Waals surface area contributed by atoms with Crippen LogP contribution in [0.4, 0.5) is 5.82 Å². The van der Waals surface area contributed by atoms with Crippen molar-refractivity contribution in [3.63, 3.8) is 0 Å². The molecule has 1 fully saturated rings. The molecular weight excluding hydrogens is 378 g/mol. The van der Waals surface area contributed by atoms with Gasteiger partial charge in [-0.25, -0.2) is 9.97 Å². The minimum absolute atomic E-state index is 0.0526. The van der Waals surface area contributed by atoms with Crippen LogP contribution in [0.2, 0.25) is 0 Å². The first-order valence-electron chi connectivity index (χ1n) is 9.19. The molecule has 2 aromatic rings. The fraction of sp³-hybridized carbons (Fsp3) is 0.556. The van der Waals surface area contributed by atoms with Gasteiger partial charge >= 0.3 is 11.9 Å². The average Bonchev–Trinajstić information content (AvgIpc) is 3.23. The molecule has 1 aliphatic heterocycles. The van der Waals surface area contributed by atoms with Crippen molar-refractivity contribution in [2.45, 2.75) is 51.8 Å². The van der Waals surface area contributed by atoms with Gasteiger partial charge in [-0.1, -0.05) is 0 Å². The van der Waals surface area contributed by atoms with Crippen molar-refractivity contribution in [3.05, 3.63) is 28.5 Å². The summed E-state index contributed by atoms with van der Waals surface area (Å²) in [5, 5.41) is 6.92. The van der Waals surface area contributed by atoms with Gasteiger partial charge in [0.2, 0.25) is 0 Å². The molecule has 3 heterocycles. The molecule has 1 aliphatic rings. The first-order chi connectivity index (χ1) is 13.7. The van der Waals surface area contributed by atoms with Gasteiger partial charge in [-0.3, -0.25) is 9.59 Å². The van der Waals surface area contributed by atoms with Crippen molar-refractivity contribution in [1.82, 2.24) is 20.3 Å². The molecule has 0 aromatic carbocycles. The van der Waals surface area contributed by atoms with Crippen LogP contribution in [0.3, 0.4) is 0 Å². The molecule has 11 heteroatoms. The van der Waals surface area contributed by atoms with E-state index in [1.807, 2.05) is 0 Å². The fourth-order valence-corrected chi connectivity index (χ4v) is 3.42. The van der Waals surface area contributed by atoms with Gasteiger partial charge in [0.15, 0.2) is 5.82 Å². The smallest absolute Gasteiger partial charge is 0.311 e. The zero-order chi connectivity index (χ0) is 21.2. The van der Waals surface area contributed by atoms with E-state index >= 15 is 0 Å². The molecule has 29 heavy (non-hydrogen) atoms. The number of rotatable bonds is 5. The zero-order valence-electron chi connectivity index (χ0n) is 16.7. The van der Waals surface area contributed by atoms with Crippen LogP contribution < -0.4 is 5.32 Å².